The zero-order valence-corrected chi connectivity index (χ0v) is 14.6. The molecule has 1 amide bonds. The molecule has 23 heavy (non-hydrogen) atoms. The Labute approximate surface area is 138 Å². The maximum atomic E-state index is 11.9. The summed E-state index contributed by atoms with van der Waals surface area (Å²) in [5, 5.41) is 4.82. The number of nitrogens with zero attached hydrogens (tertiary/aromatic N) is 2. The Kier molecular flexibility index (Phi) is 5.71. The molecule has 1 aliphatic rings. The second-order valence-electron chi connectivity index (χ2n) is 5.39. The van der Waals surface area contributed by atoms with Crippen molar-refractivity contribution in [1.82, 2.24) is 9.29 Å². The molecule has 1 N–H and O–H groups in total. The van der Waals surface area contributed by atoms with E-state index in [-0.39, 0.29) is 12.5 Å². The van der Waals surface area contributed by atoms with Gasteiger partial charge in [-0.2, -0.15) is 0 Å². The number of esters is 1. The molecule has 0 aromatic carbocycles. The Bertz CT molecular complexity index is 678. The average molecular weight is 361 g/mol. The van der Waals surface area contributed by atoms with E-state index in [2.05, 4.69) is 10.3 Å². The molecule has 1 aromatic rings. The minimum Gasteiger partial charge on any atom is -0.455 e. The maximum Gasteiger partial charge on any atom is 0.309 e. The number of sulfonamides is 1. The Hall–Kier alpha value is -1.52. The van der Waals surface area contributed by atoms with Gasteiger partial charge in [-0.3, -0.25) is 14.9 Å². The molecule has 1 aromatic heterocycles. The smallest absolute Gasteiger partial charge is 0.309 e. The number of aromatic nitrogens is 1. The number of piperidine rings is 1. The van der Waals surface area contributed by atoms with Crippen LogP contribution in [0.3, 0.4) is 0 Å². The number of ether oxygens (including phenoxy) is 1. The van der Waals surface area contributed by atoms with Crippen LogP contribution in [-0.2, 0) is 24.3 Å². The predicted octanol–water partition coefficient (Wildman–Crippen LogP) is 0.605. The van der Waals surface area contributed by atoms with E-state index in [1.165, 1.54) is 15.6 Å². The molecule has 1 fully saturated rings. The van der Waals surface area contributed by atoms with E-state index >= 15 is 0 Å². The Morgan fingerprint density at radius 2 is 2.09 bits per heavy atom. The summed E-state index contributed by atoms with van der Waals surface area (Å²) >= 11 is 1.30. The van der Waals surface area contributed by atoms with Crippen LogP contribution >= 0.6 is 11.3 Å². The van der Waals surface area contributed by atoms with Gasteiger partial charge >= 0.3 is 5.97 Å². The Morgan fingerprint density at radius 1 is 1.43 bits per heavy atom. The maximum absolute atomic E-state index is 11.9. The fourth-order valence-corrected chi connectivity index (χ4v) is 3.82. The molecule has 1 saturated heterocycles. The second kappa shape index (κ2) is 7.37. The van der Waals surface area contributed by atoms with Crippen LogP contribution in [0.1, 0.15) is 18.5 Å². The first kappa shape index (κ1) is 17.8. The van der Waals surface area contributed by atoms with E-state index in [9.17, 15) is 18.0 Å². The van der Waals surface area contributed by atoms with E-state index < -0.39 is 21.9 Å². The minimum absolute atomic E-state index is 0.295. The third kappa shape index (κ3) is 5.26. The quantitative estimate of drug-likeness (QED) is 0.770. The molecule has 2 heterocycles. The zero-order valence-electron chi connectivity index (χ0n) is 12.9. The SMILES string of the molecule is Cc1csc(NC(=O)COC(=O)C2CCN(S(C)(=O)=O)CC2)n1. The monoisotopic (exact) mass is 361 g/mol. The van der Waals surface area contributed by atoms with Crippen LogP contribution in [0.25, 0.3) is 0 Å². The molecular weight excluding hydrogens is 342 g/mol. The van der Waals surface area contributed by atoms with Gasteiger partial charge in [0.1, 0.15) is 0 Å². The molecule has 0 spiro atoms. The number of hydrogen-bond donors (Lipinski definition) is 1. The van der Waals surface area contributed by atoms with E-state index in [0.717, 1.165) is 11.9 Å². The van der Waals surface area contributed by atoms with Gasteiger partial charge < -0.3 is 4.74 Å². The highest BCUT2D eigenvalue weighted by atomic mass is 32.2. The van der Waals surface area contributed by atoms with Crippen LogP contribution in [0.2, 0.25) is 0 Å². The van der Waals surface area contributed by atoms with Crippen molar-refractivity contribution in [3.8, 4) is 0 Å². The largest absolute Gasteiger partial charge is 0.455 e. The van der Waals surface area contributed by atoms with E-state index in [1.807, 2.05) is 6.92 Å². The molecule has 0 unspecified atom stereocenters. The molecule has 0 aliphatic carbocycles. The predicted molar refractivity (Wildman–Crippen MR) is 85.6 cm³/mol. The molecule has 0 radical (unpaired) electrons. The van der Waals surface area contributed by atoms with Crippen LogP contribution in [0, 0.1) is 12.8 Å². The van der Waals surface area contributed by atoms with Crippen LogP contribution in [0.5, 0.6) is 0 Å². The number of amides is 1. The molecule has 0 saturated carbocycles. The van der Waals surface area contributed by atoms with Crippen LogP contribution < -0.4 is 5.32 Å². The van der Waals surface area contributed by atoms with Gasteiger partial charge in [0, 0.05) is 18.5 Å². The second-order valence-corrected chi connectivity index (χ2v) is 8.23. The molecular formula is C13H19N3O5S2. The van der Waals surface area contributed by atoms with Gasteiger partial charge in [-0.1, -0.05) is 0 Å². The van der Waals surface area contributed by atoms with Crippen molar-refractivity contribution in [3.05, 3.63) is 11.1 Å². The van der Waals surface area contributed by atoms with Crippen molar-refractivity contribution in [2.75, 3.05) is 31.3 Å². The van der Waals surface area contributed by atoms with Crippen LogP contribution in [-0.4, -0.2) is 55.5 Å². The molecule has 1 aliphatic heterocycles. The van der Waals surface area contributed by atoms with Crippen molar-refractivity contribution in [3.63, 3.8) is 0 Å². The summed E-state index contributed by atoms with van der Waals surface area (Å²) in [6.45, 7) is 2.03. The van der Waals surface area contributed by atoms with Crippen molar-refractivity contribution in [2.45, 2.75) is 19.8 Å². The molecule has 0 bridgehead atoms. The summed E-state index contributed by atoms with van der Waals surface area (Å²) in [5.74, 6) is -1.28. The van der Waals surface area contributed by atoms with Crippen molar-refractivity contribution in [2.24, 2.45) is 5.92 Å². The summed E-state index contributed by atoms with van der Waals surface area (Å²) < 4.78 is 29.2. The third-order valence-corrected chi connectivity index (χ3v) is 5.65. The third-order valence-electron chi connectivity index (χ3n) is 3.47. The Balaban J connectivity index is 1.74. The van der Waals surface area contributed by atoms with E-state index in [1.54, 1.807) is 5.38 Å². The Morgan fingerprint density at radius 3 is 2.61 bits per heavy atom. The van der Waals surface area contributed by atoms with Crippen molar-refractivity contribution < 1.29 is 22.7 Å². The molecule has 0 atom stereocenters. The summed E-state index contributed by atoms with van der Waals surface area (Å²) in [6.07, 6.45) is 1.95. The number of rotatable bonds is 5. The summed E-state index contributed by atoms with van der Waals surface area (Å²) in [6, 6.07) is 0. The molecule has 8 nitrogen and oxygen atoms in total. The van der Waals surface area contributed by atoms with Gasteiger partial charge in [0.2, 0.25) is 10.0 Å². The summed E-state index contributed by atoms with van der Waals surface area (Å²) in [4.78, 5) is 27.7. The number of aryl methyl sites for hydroxylation is 1. The number of carbonyl (C=O) groups excluding carboxylic acids is 2. The zero-order chi connectivity index (χ0) is 17.0. The number of nitrogens with one attached hydrogen (secondary N) is 1. The van der Waals surface area contributed by atoms with Gasteiger partial charge in [-0.15, -0.1) is 11.3 Å². The van der Waals surface area contributed by atoms with E-state index in [4.69, 9.17) is 4.74 Å². The first-order valence-corrected chi connectivity index (χ1v) is 9.82. The topological polar surface area (TPSA) is 106 Å². The fourth-order valence-electron chi connectivity index (χ4n) is 2.24. The summed E-state index contributed by atoms with van der Waals surface area (Å²) in [7, 11) is -3.22. The average Bonchev–Trinajstić information content (AvgIpc) is 2.89. The molecule has 2 rings (SSSR count). The van der Waals surface area contributed by atoms with Crippen molar-refractivity contribution in [1.29, 1.82) is 0 Å². The number of carbonyl (C=O) groups is 2. The van der Waals surface area contributed by atoms with Crippen LogP contribution in [0.4, 0.5) is 5.13 Å². The first-order valence-electron chi connectivity index (χ1n) is 7.09. The lowest BCUT2D eigenvalue weighted by Crippen LogP contribution is -2.40. The summed E-state index contributed by atoms with van der Waals surface area (Å²) in [5.41, 5.74) is 0.805. The van der Waals surface area contributed by atoms with Gasteiger partial charge in [0.15, 0.2) is 11.7 Å². The molecule has 128 valence electrons. The lowest BCUT2D eigenvalue weighted by molar-refractivity contribution is -0.152. The standard InChI is InChI=1S/C13H19N3O5S2/c1-9-8-22-13(14-9)15-11(17)7-21-12(18)10-3-5-16(6-4-10)23(2,19)20/h8,10H,3-7H2,1-2H3,(H,14,15,17). The van der Waals surface area contributed by atoms with Gasteiger partial charge in [-0.25, -0.2) is 17.7 Å². The minimum atomic E-state index is -3.22. The van der Waals surface area contributed by atoms with E-state index in [0.29, 0.717) is 31.1 Å². The number of anilines is 1. The highest BCUT2D eigenvalue weighted by molar-refractivity contribution is 7.88. The number of hydrogen-bond acceptors (Lipinski definition) is 7. The normalized spacial score (nSPS) is 17.0. The van der Waals surface area contributed by atoms with Gasteiger partial charge in [0.05, 0.1) is 17.9 Å². The lowest BCUT2D eigenvalue weighted by atomic mass is 9.98. The first-order chi connectivity index (χ1) is 10.8. The fraction of sp³-hybridized carbons (Fsp3) is 0.615. The number of thiazole rings is 1. The highest BCUT2D eigenvalue weighted by Gasteiger charge is 2.30. The van der Waals surface area contributed by atoms with Gasteiger partial charge in [-0.05, 0) is 19.8 Å². The molecule has 10 heteroatoms. The lowest BCUT2D eigenvalue weighted by Gasteiger charge is -2.28. The highest BCUT2D eigenvalue weighted by Crippen LogP contribution is 2.20. The van der Waals surface area contributed by atoms with Crippen molar-refractivity contribution >= 4 is 38.4 Å². The van der Waals surface area contributed by atoms with Gasteiger partial charge in [0.25, 0.3) is 5.91 Å². The van der Waals surface area contributed by atoms with Crippen LogP contribution in [0.15, 0.2) is 5.38 Å².